The SMILES string of the molecule is C[C@@]1(O)CCN(C(=O)C2CCOCC2)[C@@H](c2cccs2)[C@@H]1NC(=O)c1ccc(F)cc1. The van der Waals surface area contributed by atoms with Gasteiger partial charge in [-0.2, -0.15) is 0 Å². The van der Waals surface area contributed by atoms with Crippen LogP contribution in [0.3, 0.4) is 0 Å². The summed E-state index contributed by atoms with van der Waals surface area (Å²) in [5.74, 6) is -0.913. The van der Waals surface area contributed by atoms with Crippen molar-refractivity contribution in [2.75, 3.05) is 19.8 Å². The molecule has 2 saturated heterocycles. The van der Waals surface area contributed by atoms with Crippen LogP contribution in [0.4, 0.5) is 4.39 Å². The molecule has 2 N–H and O–H groups in total. The third-order valence-corrected chi connectivity index (χ3v) is 7.20. The first-order valence-electron chi connectivity index (χ1n) is 10.6. The van der Waals surface area contributed by atoms with Gasteiger partial charge in [0.15, 0.2) is 0 Å². The number of halogens is 1. The highest BCUT2D eigenvalue weighted by Gasteiger charge is 2.49. The van der Waals surface area contributed by atoms with Gasteiger partial charge < -0.3 is 20.1 Å². The van der Waals surface area contributed by atoms with Gasteiger partial charge in [-0.1, -0.05) is 6.07 Å². The minimum atomic E-state index is -1.21. The van der Waals surface area contributed by atoms with Crippen molar-refractivity contribution in [2.45, 2.75) is 43.9 Å². The fourth-order valence-corrected chi connectivity index (χ4v) is 5.30. The van der Waals surface area contributed by atoms with Crippen molar-refractivity contribution in [3.05, 3.63) is 58.0 Å². The summed E-state index contributed by atoms with van der Waals surface area (Å²) in [7, 11) is 0. The molecule has 2 aliphatic heterocycles. The van der Waals surface area contributed by atoms with Crippen LogP contribution in [-0.4, -0.2) is 53.2 Å². The van der Waals surface area contributed by atoms with Crippen LogP contribution in [0.25, 0.3) is 0 Å². The minimum absolute atomic E-state index is 0.0400. The number of thiophene rings is 1. The number of benzene rings is 1. The number of nitrogens with one attached hydrogen (secondary N) is 1. The number of piperidine rings is 1. The van der Waals surface area contributed by atoms with Gasteiger partial charge in [0.1, 0.15) is 5.82 Å². The van der Waals surface area contributed by atoms with E-state index in [1.54, 1.807) is 6.92 Å². The monoisotopic (exact) mass is 446 g/mol. The number of likely N-dealkylation sites (tertiary alicyclic amines) is 1. The Bertz CT molecular complexity index is 910. The minimum Gasteiger partial charge on any atom is -0.388 e. The smallest absolute Gasteiger partial charge is 0.251 e. The molecule has 0 bridgehead atoms. The zero-order valence-corrected chi connectivity index (χ0v) is 18.2. The second-order valence-electron chi connectivity index (χ2n) is 8.44. The number of amides is 2. The highest BCUT2D eigenvalue weighted by atomic mass is 32.1. The van der Waals surface area contributed by atoms with Crippen LogP contribution < -0.4 is 5.32 Å². The molecule has 3 atom stereocenters. The molecule has 1 aromatic carbocycles. The maximum absolute atomic E-state index is 13.4. The van der Waals surface area contributed by atoms with Crippen molar-refractivity contribution in [3.63, 3.8) is 0 Å². The molecule has 8 heteroatoms. The number of hydrogen-bond acceptors (Lipinski definition) is 5. The Labute approximate surface area is 185 Å². The number of carbonyl (C=O) groups excluding carboxylic acids is 2. The molecule has 1 aromatic heterocycles. The van der Waals surface area contributed by atoms with Gasteiger partial charge in [-0.05, 0) is 61.9 Å². The summed E-state index contributed by atoms with van der Waals surface area (Å²) in [4.78, 5) is 29.1. The lowest BCUT2D eigenvalue weighted by atomic mass is 9.80. The second kappa shape index (κ2) is 9.06. The summed E-state index contributed by atoms with van der Waals surface area (Å²) in [6, 6.07) is 7.92. The average Bonchev–Trinajstić information content (AvgIpc) is 3.30. The van der Waals surface area contributed by atoms with Gasteiger partial charge >= 0.3 is 0 Å². The van der Waals surface area contributed by atoms with Gasteiger partial charge in [0.25, 0.3) is 5.91 Å². The van der Waals surface area contributed by atoms with E-state index in [1.165, 1.54) is 35.6 Å². The van der Waals surface area contributed by atoms with Gasteiger partial charge in [-0.15, -0.1) is 11.3 Å². The first-order valence-corrected chi connectivity index (χ1v) is 11.5. The fraction of sp³-hybridized carbons (Fsp3) is 0.478. The Morgan fingerprint density at radius 3 is 2.58 bits per heavy atom. The average molecular weight is 447 g/mol. The molecule has 6 nitrogen and oxygen atoms in total. The Morgan fingerprint density at radius 1 is 1.23 bits per heavy atom. The van der Waals surface area contributed by atoms with Gasteiger partial charge in [0, 0.05) is 36.1 Å². The molecule has 0 radical (unpaired) electrons. The van der Waals surface area contributed by atoms with Crippen LogP contribution in [0.2, 0.25) is 0 Å². The molecule has 166 valence electrons. The summed E-state index contributed by atoms with van der Waals surface area (Å²) in [5.41, 5.74) is -0.911. The zero-order valence-electron chi connectivity index (χ0n) is 17.4. The van der Waals surface area contributed by atoms with Gasteiger partial charge in [-0.25, -0.2) is 4.39 Å². The molecule has 0 spiro atoms. The number of rotatable bonds is 4. The highest BCUT2D eigenvalue weighted by molar-refractivity contribution is 7.10. The van der Waals surface area contributed by atoms with Crippen molar-refractivity contribution in [2.24, 2.45) is 5.92 Å². The van der Waals surface area contributed by atoms with E-state index in [9.17, 15) is 19.1 Å². The van der Waals surface area contributed by atoms with E-state index in [2.05, 4.69) is 5.32 Å². The molecule has 3 heterocycles. The van der Waals surface area contributed by atoms with Crippen LogP contribution in [0.5, 0.6) is 0 Å². The van der Waals surface area contributed by atoms with E-state index in [4.69, 9.17) is 4.74 Å². The second-order valence-corrected chi connectivity index (χ2v) is 9.42. The molecule has 0 unspecified atom stereocenters. The fourth-order valence-electron chi connectivity index (χ4n) is 4.43. The molecule has 2 aliphatic rings. The van der Waals surface area contributed by atoms with E-state index in [-0.39, 0.29) is 11.8 Å². The number of ether oxygens (including phenoxy) is 1. The lowest BCUT2D eigenvalue weighted by molar-refractivity contribution is -0.149. The molecule has 0 aliphatic carbocycles. The molecular formula is C23H27FN2O4S. The van der Waals surface area contributed by atoms with Gasteiger partial charge in [0.2, 0.25) is 5.91 Å². The van der Waals surface area contributed by atoms with Crippen molar-refractivity contribution >= 4 is 23.2 Å². The van der Waals surface area contributed by atoms with E-state index in [0.717, 1.165) is 4.88 Å². The Kier molecular flexibility index (Phi) is 6.41. The Balaban J connectivity index is 1.65. The molecule has 2 aromatic rings. The maximum atomic E-state index is 13.4. The van der Waals surface area contributed by atoms with Crippen molar-refractivity contribution in [3.8, 4) is 0 Å². The number of nitrogens with zero attached hydrogens (tertiary/aromatic N) is 1. The van der Waals surface area contributed by atoms with Crippen LogP contribution in [-0.2, 0) is 9.53 Å². The summed E-state index contributed by atoms with van der Waals surface area (Å²) >= 11 is 1.50. The van der Waals surface area contributed by atoms with Gasteiger partial charge in [-0.3, -0.25) is 9.59 Å². The van der Waals surface area contributed by atoms with Crippen LogP contribution in [0.1, 0.15) is 47.5 Å². The first-order chi connectivity index (χ1) is 14.9. The summed E-state index contributed by atoms with van der Waals surface area (Å²) in [6.45, 7) is 3.24. The first kappa shape index (κ1) is 21.9. The standard InChI is InChI=1S/C23H27FN2O4S/c1-23(29)10-11-26(22(28)16-8-12-30-13-9-16)19(18-3-2-14-31-18)20(23)25-21(27)15-4-6-17(24)7-5-15/h2-7,14,16,19-20,29H,8-13H2,1H3,(H,25,27)/t19-,20-,23+/m0/s1. The highest BCUT2D eigenvalue weighted by Crippen LogP contribution is 2.40. The van der Waals surface area contributed by atoms with Crippen LogP contribution in [0, 0.1) is 11.7 Å². The Morgan fingerprint density at radius 2 is 1.94 bits per heavy atom. The van der Waals surface area contributed by atoms with Crippen LogP contribution >= 0.6 is 11.3 Å². The maximum Gasteiger partial charge on any atom is 0.251 e. The number of carbonyl (C=O) groups is 2. The van der Waals surface area contributed by atoms with Crippen molar-refractivity contribution < 1.29 is 23.8 Å². The molecule has 0 saturated carbocycles. The van der Waals surface area contributed by atoms with E-state index in [0.29, 0.717) is 44.6 Å². The topological polar surface area (TPSA) is 78.9 Å². The third kappa shape index (κ3) is 4.66. The third-order valence-electron chi connectivity index (χ3n) is 6.26. The van der Waals surface area contributed by atoms with Crippen molar-refractivity contribution in [1.29, 1.82) is 0 Å². The molecule has 4 rings (SSSR count). The molecule has 2 amide bonds. The van der Waals surface area contributed by atoms with E-state index < -0.39 is 29.4 Å². The summed E-state index contributed by atoms with van der Waals surface area (Å²) in [6.07, 6.45) is 1.70. The molecule has 31 heavy (non-hydrogen) atoms. The predicted molar refractivity (Wildman–Crippen MR) is 115 cm³/mol. The summed E-state index contributed by atoms with van der Waals surface area (Å²) < 4.78 is 18.7. The number of hydrogen-bond donors (Lipinski definition) is 2. The largest absolute Gasteiger partial charge is 0.388 e. The molecule has 2 fully saturated rings. The van der Waals surface area contributed by atoms with Crippen molar-refractivity contribution in [1.82, 2.24) is 10.2 Å². The van der Waals surface area contributed by atoms with E-state index in [1.807, 2.05) is 22.4 Å². The Hall–Kier alpha value is -2.29. The quantitative estimate of drug-likeness (QED) is 0.756. The summed E-state index contributed by atoms with van der Waals surface area (Å²) in [5, 5.41) is 16.1. The van der Waals surface area contributed by atoms with Crippen LogP contribution in [0.15, 0.2) is 41.8 Å². The van der Waals surface area contributed by atoms with E-state index >= 15 is 0 Å². The van der Waals surface area contributed by atoms with Gasteiger partial charge in [0.05, 0.1) is 17.7 Å². The lowest BCUT2D eigenvalue weighted by Crippen LogP contribution is -2.63. The lowest BCUT2D eigenvalue weighted by Gasteiger charge is -2.49. The number of aliphatic hydroxyl groups is 1. The molecular weight excluding hydrogens is 419 g/mol. The zero-order chi connectivity index (χ0) is 22.0. The normalized spacial score (nSPS) is 27.1. The predicted octanol–water partition coefficient (Wildman–Crippen LogP) is 3.14.